The van der Waals surface area contributed by atoms with Crippen molar-refractivity contribution in [2.24, 2.45) is 0 Å². The second-order valence-electron chi connectivity index (χ2n) is 6.81. The molecule has 1 fully saturated rings. The van der Waals surface area contributed by atoms with Crippen LogP contribution in [0, 0.1) is 11.3 Å². The highest BCUT2D eigenvalue weighted by Crippen LogP contribution is 2.34. The van der Waals surface area contributed by atoms with Crippen LogP contribution < -0.4 is 5.73 Å². The molecule has 1 aromatic rings. The van der Waals surface area contributed by atoms with Crippen LogP contribution in [-0.2, 0) is 5.41 Å². The Bertz CT molecular complexity index is 670. The van der Waals surface area contributed by atoms with Gasteiger partial charge in [0.2, 0.25) is 0 Å². The predicted molar refractivity (Wildman–Crippen MR) is 96.3 cm³/mol. The molecule has 3 rings (SSSR count). The van der Waals surface area contributed by atoms with E-state index in [2.05, 4.69) is 46.1 Å². The smallest absolute Gasteiger partial charge is 0.123 e. The van der Waals surface area contributed by atoms with Gasteiger partial charge in [-0.3, -0.25) is 4.90 Å². The number of nitriles is 1. The molecule has 2 N–H and O–H groups in total. The first kappa shape index (κ1) is 16.7. The highest BCUT2D eigenvalue weighted by atomic mass is 15.2. The van der Waals surface area contributed by atoms with Crippen LogP contribution in [0.1, 0.15) is 18.4 Å². The van der Waals surface area contributed by atoms with Gasteiger partial charge in [-0.25, -0.2) is 4.98 Å². The maximum absolute atomic E-state index is 9.86. The minimum Gasteiger partial charge on any atom is -0.384 e. The normalized spacial score (nSPS) is 25.8. The average Bonchev–Trinajstić information content (AvgIpc) is 2.80. The Hall–Kier alpha value is -2.16. The van der Waals surface area contributed by atoms with Gasteiger partial charge in [-0.05, 0) is 50.2 Å². The molecule has 1 aromatic heterocycles. The number of rotatable bonds is 3. The number of pyridine rings is 1. The molecule has 0 radical (unpaired) electrons. The van der Waals surface area contributed by atoms with E-state index in [0.29, 0.717) is 12.2 Å². The monoisotopic (exact) mass is 323 g/mol. The van der Waals surface area contributed by atoms with Crippen LogP contribution in [0.15, 0.2) is 42.1 Å². The largest absolute Gasteiger partial charge is 0.384 e. The van der Waals surface area contributed by atoms with Crippen molar-refractivity contribution in [1.82, 2.24) is 14.8 Å². The summed E-state index contributed by atoms with van der Waals surface area (Å²) in [5.41, 5.74) is 7.18. The number of anilines is 1. The third kappa shape index (κ3) is 3.66. The van der Waals surface area contributed by atoms with Crippen molar-refractivity contribution in [3.8, 4) is 6.07 Å². The van der Waals surface area contributed by atoms with E-state index in [-0.39, 0.29) is 0 Å². The Balaban J connectivity index is 1.79. The lowest BCUT2D eigenvalue weighted by Crippen LogP contribution is -2.32. The van der Waals surface area contributed by atoms with Crippen molar-refractivity contribution in [2.75, 3.05) is 45.5 Å². The highest BCUT2D eigenvalue weighted by Gasteiger charge is 2.31. The molecule has 5 nitrogen and oxygen atoms in total. The molecule has 126 valence electrons. The zero-order valence-electron chi connectivity index (χ0n) is 14.3. The summed E-state index contributed by atoms with van der Waals surface area (Å²) in [6.07, 6.45) is 10.00. The standard InChI is InChI=1S/C19H25N5/c1-23-8-3-9-24(11-10-23)14-16-4-2-7-19(12-16,15-20)17-5-6-18(21)22-13-17/h2,4-6,12-13H,3,7-11,14H2,1H3,(H2,21,22). The molecule has 1 aliphatic heterocycles. The molecular formula is C19H25N5. The van der Waals surface area contributed by atoms with Crippen LogP contribution in [0.4, 0.5) is 5.82 Å². The van der Waals surface area contributed by atoms with Crippen LogP contribution in [-0.4, -0.2) is 54.6 Å². The van der Waals surface area contributed by atoms with Gasteiger partial charge in [-0.1, -0.05) is 24.3 Å². The molecule has 1 atom stereocenters. The van der Waals surface area contributed by atoms with Gasteiger partial charge >= 0.3 is 0 Å². The van der Waals surface area contributed by atoms with E-state index in [0.717, 1.165) is 38.3 Å². The molecule has 0 amide bonds. The Labute approximate surface area is 144 Å². The number of nitrogen functional groups attached to an aromatic ring is 1. The van der Waals surface area contributed by atoms with Gasteiger partial charge in [0.25, 0.3) is 0 Å². The third-order valence-electron chi connectivity index (χ3n) is 4.92. The van der Waals surface area contributed by atoms with Gasteiger partial charge in [0.15, 0.2) is 0 Å². The van der Waals surface area contributed by atoms with Gasteiger partial charge in [-0.2, -0.15) is 5.26 Å². The second kappa shape index (κ2) is 7.16. The fraction of sp³-hybridized carbons (Fsp3) is 0.474. The molecule has 0 spiro atoms. The molecule has 2 heterocycles. The van der Waals surface area contributed by atoms with Gasteiger partial charge in [0.05, 0.1) is 6.07 Å². The summed E-state index contributed by atoms with van der Waals surface area (Å²) in [5, 5.41) is 9.86. The van der Waals surface area contributed by atoms with Gasteiger partial charge in [0, 0.05) is 25.8 Å². The van der Waals surface area contributed by atoms with Crippen molar-refractivity contribution in [2.45, 2.75) is 18.3 Å². The molecule has 1 saturated heterocycles. The van der Waals surface area contributed by atoms with E-state index in [4.69, 9.17) is 5.73 Å². The lowest BCUT2D eigenvalue weighted by Gasteiger charge is -2.28. The fourth-order valence-corrected chi connectivity index (χ4v) is 3.45. The summed E-state index contributed by atoms with van der Waals surface area (Å²) in [7, 11) is 2.18. The van der Waals surface area contributed by atoms with Crippen molar-refractivity contribution in [1.29, 1.82) is 5.26 Å². The zero-order chi connectivity index (χ0) is 17.0. The zero-order valence-corrected chi connectivity index (χ0v) is 14.3. The van der Waals surface area contributed by atoms with Crippen LogP contribution in [0.2, 0.25) is 0 Å². The summed E-state index contributed by atoms with van der Waals surface area (Å²) in [6.45, 7) is 5.34. The van der Waals surface area contributed by atoms with Crippen molar-refractivity contribution >= 4 is 5.82 Å². The Kier molecular flexibility index (Phi) is 4.98. The number of allylic oxidation sites excluding steroid dienone is 2. The lowest BCUT2D eigenvalue weighted by molar-refractivity contribution is 0.296. The summed E-state index contributed by atoms with van der Waals surface area (Å²) in [5.74, 6) is 0.482. The Morgan fingerprint density at radius 1 is 1.29 bits per heavy atom. The van der Waals surface area contributed by atoms with Gasteiger partial charge in [0.1, 0.15) is 11.2 Å². The number of likely N-dealkylation sites (N-methyl/N-ethyl adjacent to an activating group) is 1. The molecule has 2 aliphatic rings. The lowest BCUT2D eigenvalue weighted by atomic mass is 9.75. The van der Waals surface area contributed by atoms with E-state index < -0.39 is 5.41 Å². The molecule has 1 aliphatic carbocycles. The second-order valence-corrected chi connectivity index (χ2v) is 6.81. The Morgan fingerprint density at radius 3 is 2.92 bits per heavy atom. The summed E-state index contributed by atoms with van der Waals surface area (Å²) >= 11 is 0. The number of nitrogens with two attached hydrogens (primary N) is 1. The maximum atomic E-state index is 9.86. The van der Waals surface area contributed by atoms with Crippen molar-refractivity contribution in [3.63, 3.8) is 0 Å². The number of hydrogen-bond donors (Lipinski definition) is 1. The molecular weight excluding hydrogens is 298 g/mol. The van der Waals surface area contributed by atoms with E-state index in [1.165, 1.54) is 12.0 Å². The van der Waals surface area contributed by atoms with Crippen LogP contribution in [0.25, 0.3) is 0 Å². The molecule has 1 unspecified atom stereocenters. The minimum absolute atomic E-state index is 0.482. The summed E-state index contributed by atoms with van der Waals surface area (Å²) in [6, 6.07) is 6.19. The molecule has 5 heteroatoms. The Morgan fingerprint density at radius 2 is 2.17 bits per heavy atom. The predicted octanol–water partition coefficient (Wildman–Crippen LogP) is 1.95. The highest BCUT2D eigenvalue weighted by molar-refractivity contribution is 5.46. The molecule has 0 bridgehead atoms. The quantitative estimate of drug-likeness (QED) is 0.921. The van der Waals surface area contributed by atoms with Crippen LogP contribution >= 0.6 is 0 Å². The van der Waals surface area contributed by atoms with E-state index >= 15 is 0 Å². The average molecular weight is 323 g/mol. The first-order valence-electron chi connectivity index (χ1n) is 8.54. The minimum atomic E-state index is -0.632. The van der Waals surface area contributed by atoms with E-state index in [1.54, 1.807) is 12.3 Å². The topological polar surface area (TPSA) is 69.2 Å². The van der Waals surface area contributed by atoms with Crippen molar-refractivity contribution in [3.05, 3.63) is 47.7 Å². The molecule has 0 saturated carbocycles. The fourth-order valence-electron chi connectivity index (χ4n) is 3.45. The third-order valence-corrected chi connectivity index (χ3v) is 4.92. The van der Waals surface area contributed by atoms with Gasteiger partial charge in [-0.15, -0.1) is 0 Å². The first-order valence-corrected chi connectivity index (χ1v) is 8.54. The van der Waals surface area contributed by atoms with E-state index in [9.17, 15) is 5.26 Å². The molecule has 0 aromatic carbocycles. The SMILES string of the molecule is CN1CCCN(CC2=CC(C#N)(c3ccc(N)nc3)CC=C2)CC1. The maximum Gasteiger partial charge on any atom is 0.123 e. The summed E-state index contributed by atoms with van der Waals surface area (Å²) < 4.78 is 0. The first-order chi connectivity index (χ1) is 11.6. The van der Waals surface area contributed by atoms with E-state index in [1.807, 2.05) is 6.07 Å². The van der Waals surface area contributed by atoms with Crippen LogP contribution in [0.5, 0.6) is 0 Å². The van der Waals surface area contributed by atoms with Gasteiger partial charge < -0.3 is 10.6 Å². The van der Waals surface area contributed by atoms with Crippen molar-refractivity contribution < 1.29 is 0 Å². The summed E-state index contributed by atoms with van der Waals surface area (Å²) in [4.78, 5) is 9.03. The number of nitrogens with zero attached hydrogens (tertiary/aromatic N) is 4. The van der Waals surface area contributed by atoms with Crippen LogP contribution in [0.3, 0.4) is 0 Å². The number of aromatic nitrogens is 1. The number of hydrogen-bond acceptors (Lipinski definition) is 5. The molecule has 24 heavy (non-hydrogen) atoms.